The Bertz CT molecular complexity index is 1150. The summed E-state index contributed by atoms with van der Waals surface area (Å²) in [6.07, 6.45) is 0.859. The molecule has 3 aromatic rings. The van der Waals surface area contributed by atoms with Gasteiger partial charge in [-0.1, -0.05) is 18.2 Å². The zero-order valence-electron chi connectivity index (χ0n) is 19.9. The number of anilines is 1. The number of carbonyl (C=O) groups excluding carboxylic acids is 1. The lowest BCUT2D eigenvalue weighted by molar-refractivity contribution is -0.274. The Labute approximate surface area is 208 Å². The first-order chi connectivity index (χ1) is 17.3. The van der Waals surface area contributed by atoms with Gasteiger partial charge in [-0.2, -0.15) is 0 Å². The van der Waals surface area contributed by atoms with Crippen LogP contribution in [-0.4, -0.2) is 36.9 Å². The maximum Gasteiger partial charge on any atom is 0.573 e. The van der Waals surface area contributed by atoms with Gasteiger partial charge in [0.05, 0.1) is 0 Å². The van der Waals surface area contributed by atoms with Crippen LogP contribution >= 0.6 is 0 Å². The number of carbonyl (C=O) groups is 1. The van der Waals surface area contributed by atoms with Gasteiger partial charge >= 0.3 is 6.36 Å². The number of halogens is 3. The summed E-state index contributed by atoms with van der Waals surface area (Å²) in [6, 6.07) is 14.8. The molecule has 1 fully saturated rings. The Hall–Kier alpha value is -3.75. The molecular weight excluding hydrogens is 471 g/mol. The molecule has 1 saturated heterocycles. The highest BCUT2D eigenvalue weighted by molar-refractivity contribution is 5.94. The number of nitrogens with one attached hydrogen (secondary N) is 1. The Kier molecular flexibility index (Phi) is 7.97. The summed E-state index contributed by atoms with van der Waals surface area (Å²) < 4.78 is 46.7. The first-order valence-corrected chi connectivity index (χ1v) is 11.8. The highest BCUT2D eigenvalue weighted by Gasteiger charge is 2.31. The number of piperidine rings is 1. The van der Waals surface area contributed by atoms with E-state index in [1.54, 1.807) is 24.5 Å². The van der Waals surface area contributed by atoms with Gasteiger partial charge in [-0.25, -0.2) is 0 Å². The van der Waals surface area contributed by atoms with Crippen LogP contribution in [0.2, 0.25) is 0 Å². The van der Waals surface area contributed by atoms with Crippen LogP contribution in [0.4, 0.5) is 18.9 Å². The first-order valence-electron chi connectivity index (χ1n) is 11.8. The van der Waals surface area contributed by atoms with Crippen LogP contribution in [0.3, 0.4) is 0 Å². The molecule has 1 amide bonds. The molecule has 1 aromatic heterocycles. The van der Waals surface area contributed by atoms with Crippen LogP contribution in [0.25, 0.3) is 0 Å². The van der Waals surface area contributed by atoms with Gasteiger partial charge in [0.25, 0.3) is 5.91 Å². The fourth-order valence-electron chi connectivity index (χ4n) is 4.13. The van der Waals surface area contributed by atoms with Gasteiger partial charge in [-0.05, 0) is 73.2 Å². The van der Waals surface area contributed by atoms with Crippen molar-refractivity contribution in [3.63, 3.8) is 0 Å². The third kappa shape index (κ3) is 7.13. The Morgan fingerprint density at radius 3 is 2.42 bits per heavy atom. The molecule has 1 N–H and O–H groups in total. The summed E-state index contributed by atoms with van der Waals surface area (Å²) in [5, 5.41) is 3.04. The van der Waals surface area contributed by atoms with Crippen LogP contribution in [0.5, 0.6) is 11.5 Å². The van der Waals surface area contributed by atoms with Crippen molar-refractivity contribution in [3.8, 4) is 11.5 Å². The molecule has 36 heavy (non-hydrogen) atoms. The Morgan fingerprint density at radius 2 is 1.75 bits per heavy atom. The van der Waals surface area contributed by atoms with Gasteiger partial charge < -0.3 is 19.7 Å². The molecule has 0 bridgehead atoms. The minimum Gasteiger partial charge on any atom is -0.489 e. The van der Waals surface area contributed by atoms with Crippen LogP contribution in [-0.2, 0) is 6.61 Å². The normalized spacial score (nSPS) is 14.4. The Balaban J connectivity index is 1.27. The Morgan fingerprint density at radius 1 is 1.06 bits per heavy atom. The molecule has 190 valence electrons. The van der Waals surface area contributed by atoms with E-state index in [1.165, 1.54) is 30.0 Å². The van der Waals surface area contributed by atoms with E-state index in [9.17, 15) is 18.0 Å². The van der Waals surface area contributed by atoms with E-state index in [4.69, 9.17) is 4.74 Å². The van der Waals surface area contributed by atoms with Gasteiger partial charge in [0.1, 0.15) is 18.1 Å². The van der Waals surface area contributed by atoms with E-state index in [1.807, 2.05) is 25.1 Å². The predicted molar refractivity (Wildman–Crippen MR) is 130 cm³/mol. The van der Waals surface area contributed by atoms with Gasteiger partial charge in [-0.15, -0.1) is 13.2 Å². The molecule has 0 spiro atoms. The molecule has 0 atom stereocenters. The van der Waals surface area contributed by atoms with Crippen molar-refractivity contribution in [2.45, 2.75) is 32.7 Å². The smallest absolute Gasteiger partial charge is 0.489 e. The topological polar surface area (TPSA) is 63.7 Å². The molecule has 1 aliphatic heterocycles. The number of alkyl halides is 3. The molecule has 6 nitrogen and oxygen atoms in total. The maximum atomic E-state index is 12.8. The number of nitrogens with zero attached hydrogens (tertiary/aromatic N) is 2. The monoisotopic (exact) mass is 499 g/mol. The standard InChI is InChI=1S/C27H28F3N3O3/c1-19-2-5-22(16-25(19)35-18-21-3-6-24(7-4-21)36-27(28,29)30)26(34)32-17-20-10-14-33(15-11-20)23-8-12-31-13-9-23/h2-9,12-13,16,20H,10-11,14-15,17-18H2,1H3,(H,32,34). The molecule has 0 aliphatic carbocycles. The van der Waals surface area contributed by atoms with Crippen LogP contribution in [0.1, 0.15) is 34.3 Å². The highest BCUT2D eigenvalue weighted by atomic mass is 19.4. The molecular formula is C27H28F3N3O3. The predicted octanol–water partition coefficient (Wildman–Crippen LogP) is 5.51. The first kappa shape index (κ1) is 25.3. The summed E-state index contributed by atoms with van der Waals surface area (Å²) in [5.41, 5.74) is 3.20. The molecule has 0 saturated carbocycles. The number of aryl methyl sites for hydroxylation is 1. The van der Waals surface area contributed by atoms with Crippen molar-refractivity contribution in [1.82, 2.24) is 10.3 Å². The molecule has 2 aromatic carbocycles. The van der Waals surface area contributed by atoms with Gasteiger partial charge in [0, 0.05) is 43.3 Å². The fraction of sp³-hybridized carbons (Fsp3) is 0.333. The minimum atomic E-state index is -4.73. The van der Waals surface area contributed by atoms with E-state index in [0.29, 0.717) is 29.3 Å². The molecule has 9 heteroatoms. The number of amides is 1. The number of pyridine rings is 1. The number of hydrogen-bond acceptors (Lipinski definition) is 5. The number of aromatic nitrogens is 1. The number of ether oxygens (including phenoxy) is 2. The fourth-order valence-corrected chi connectivity index (χ4v) is 4.13. The molecule has 4 rings (SSSR count). The van der Waals surface area contributed by atoms with E-state index in [0.717, 1.165) is 31.5 Å². The minimum absolute atomic E-state index is 0.147. The summed E-state index contributed by atoms with van der Waals surface area (Å²) in [4.78, 5) is 19.2. The van der Waals surface area contributed by atoms with Gasteiger partial charge in [0.15, 0.2) is 0 Å². The van der Waals surface area contributed by atoms with Crippen molar-refractivity contribution in [3.05, 3.63) is 83.7 Å². The zero-order valence-corrected chi connectivity index (χ0v) is 19.9. The lowest BCUT2D eigenvalue weighted by Crippen LogP contribution is -2.38. The zero-order chi connectivity index (χ0) is 25.5. The van der Waals surface area contributed by atoms with E-state index >= 15 is 0 Å². The van der Waals surface area contributed by atoms with Crippen molar-refractivity contribution < 1.29 is 27.4 Å². The highest BCUT2D eigenvalue weighted by Crippen LogP contribution is 2.25. The number of rotatable bonds is 8. The second kappa shape index (κ2) is 11.3. The van der Waals surface area contributed by atoms with Gasteiger partial charge in [-0.3, -0.25) is 9.78 Å². The SMILES string of the molecule is Cc1ccc(C(=O)NCC2CCN(c3ccncc3)CC2)cc1OCc1ccc(OC(F)(F)F)cc1. The average Bonchev–Trinajstić information content (AvgIpc) is 2.87. The van der Waals surface area contributed by atoms with Gasteiger partial charge in [0.2, 0.25) is 0 Å². The van der Waals surface area contributed by atoms with Crippen LogP contribution in [0, 0.1) is 12.8 Å². The van der Waals surface area contributed by atoms with E-state index in [-0.39, 0.29) is 18.3 Å². The molecule has 1 aliphatic rings. The largest absolute Gasteiger partial charge is 0.573 e. The summed E-state index contributed by atoms with van der Waals surface area (Å²) in [5.74, 6) is 0.510. The second-order valence-corrected chi connectivity index (χ2v) is 8.81. The third-order valence-electron chi connectivity index (χ3n) is 6.20. The van der Waals surface area contributed by atoms with Crippen LogP contribution < -0.4 is 19.7 Å². The molecule has 0 radical (unpaired) electrons. The third-order valence-corrected chi connectivity index (χ3v) is 6.20. The van der Waals surface area contributed by atoms with Crippen LogP contribution in [0.15, 0.2) is 67.0 Å². The summed E-state index contributed by atoms with van der Waals surface area (Å²) in [6.45, 7) is 4.51. The maximum absolute atomic E-state index is 12.8. The lowest BCUT2D eigenvalue weighted by atomic mass is 9.96. The molecule has 2 heterocycles. The van der Waals surface area contributed by atoms with Crippen molar-refractivity contribution in [2.24, 2.45) is 5.92 Å². The average molecular weight is 500 g/mol. The van der Waals surface area contributed by atoms with Crippen molar-refractivity contribution in [1.29, 1.82) is 0 Å². The van der Waals surface area contributed by atoms with Crippen molar-refractivity contribution in [2.75, 3.05) is 24.5 Å². The second-order valence-electron chi connectivity index (χ2n) is 8.81. The quantitative estimate of drug-likeness (QED) is 0.443. The van der Waals surface area contributed by atoms with E-state index in [2.05, 4.69) is 19.9 Å². The van der Waals surface area contributed by atoms with Crippen molar-refractivity contribution >= 4 is 11.6 Å². The lowest BCUT2D eigenvalue weighted by Gasteiger charge is -2.33. The number of benzene rings is 2. The number of hydrogen-bond donors (Lipinski definition) is 1. The summed E-state index contributed by atoms with van der Waals surface area (Å²) in [7, 11) is 0. The molecule has 0 unspecified atom stereocenters. The van der Waals surface area contributed by atoms with E-state index < -0.39 is 6.36 Å². The summed E-state index contributed by atoms with van der Waals surface area (Å²) >= 11 is 0.